The van der Waals surface area contributed by atoms with E-state index in [4.69, 9.17) is 0 Å². The van der Waals surface area contributed by atoms with Crippen LogP contribution in [0.4, 0.5) is 0 Å². The number of phenols is 2. The lowest BCUT2D eigenvalue weighted by molar-refractivity contribution is 0.469. The number of hydrogen-bond donors (Lipinski definition) is 2. The van der Waals surface area contributed by atoms with Gasteiger partial charge >= 0.3 is 0 Å². The van der Waals surface area contributed by atoms with Crippen molar-refractivity contribution in [3.8, 4) is 22.6 Å². The van der Waals surface area contributed by atoms with Gasteiger partial charge in [0.2, 0.25) is 0 Å². The molecule has 0 saturated carbocycles. The Hall–Kier alpha value is -1.96. The van der Waals surface area contributed by atoms with E-state index in [9.17, 15) is 10.2 Å². The maximum Gasteiger partial charge on any atom is 0.119 e. The van der Waals surface area contributed by atoms with Crippen molar-refractivity contribution in [3.63, 3.8) is 0 Å². The molecule has 0 unspecified atom stereocenters. The summed E-state index contributed by atoms with van der Waals surface area (Å²) in [5, 5.41) is 20.2. The highest BCUT2D eigenvalue weighted by Crippen LogP contribution is 2.38. The quantitative estimate of drug-likeness (QED) is 0.794. The normalized spacial score (nSPS) is 10.9. The number of aromatic hydroxyl groups is 2. The average molecular weight is 270 g/mol. The zero-order valence-electron chi connectivity index (χ0n) is 13.0. The molecular formula is C18H22O2. The van der Waals surface area contributed by atoms with E-state index < -0.39 is 0 Å². The summed E-state index contributed by atoms with van der Waals surface area (Å²) in [4.78, 5) is 0. The molecule has 0 saturated heterocycles. The molecule has 2 N–H and O–H groups in total. The van der Waals surface area contributed by atoms with Gasteiger partial charge in [-0.05, 0) is 98.2 Å². The first-order chi connectivity index (χ1) is 9.25. The molecule has 0 amide bonds. The van der Waals surface area contributed by atoms with Gasteiger partial charge in [-0.3, -0.25) is 0 Å². The summed E-state index contributed by atoms with van der Waals surface area (Å²) in [5.74, 6) is 0.612. The van der Waals surface area contributed by atoms with Crippen molar-refractivity contribution in [2.75, 3.05) is 0 Å². The largest absolute Gasteiger partial charge is 0.508 e. The van der Waals surface area contributed by atoms with E-state index in [2.05, 4.69) is 13.8 Å². The van der Waals surface area contributed by atoms with Crippen molar-refractivity contribution in [1.29, 1.82) is 0 Å². The van der Waals surface area contributed by atoms with Crippen molar-refractivity contribution >= 4 is 0 Å². The van der Waals surface area contributed by atoms with Gasteiger partial charge in [0.15, 0.2) is 0 Å². The third-order valence-electron chi connectivity index (χ3n) is 4.68. The maximum absolute atomic E-state index is 10.1. The third kappa shape index (κ3) is 2.05. The van der Waals surface area contributed by atoms with Gasteiger partial charge in [-0.1, -0.05) is 0 Å². The third-order valence-corrected chi connectivity index (χ3v) is 4.68. The first-order valence-electron chi connectivity index (χ1n) is 6.85. The Labute approximate surface area is 120 Å². The van der Waals surface area contributed by atoms with E-state index in [1.54, 1.807) is 12.1 Å². The molecule has 0 aliphatic rings. The molecule has 0 aliphatic heterocycles. The fourth-order valence-corrected chi connectivity index (χ4v) is 2.62. The van der Waals surface area contributed by atoms with Crippen LogP contribution in [-0.4, -0.2) is 10.2 Å². The standard InChI is InChI=1S/C18H22O2/c1-9-11(3)15(7-17(19)13(9)5)16-8-18(20)14(6)10(2)12(16)4/h7-8,19-20H,1-6H3. The van der Waals surface area contributed by atoms with Crippen LogP contribution in [0.1, 0.15) is 33.4 Å². The van der Waals surface area contributed by atoms with Crippen molar-refractivity contribution in [3.05, 3.63) is 45.5 Å². The van der Waals surface area contributed by atoms with Crippen LogP contribution in [0.5, 0.6) is 11.5 Å². The molecule has 2 heteroatoms. The Morgan fingerprint density at radius 2 is 0.800 bits per heavy atom. The lowest BCUT2D eigenvalue weighted by atomic mass is 9.88. The number of phenolic OH excluding ortho intramolecular Hbond substituents is 2. The predicted molar refractivity (Wildman–Crippen MR) is 83.6 cm³/mol. The van der Waals surface area contributed by atoms with Crippen molar-refractivity contribution in [1.82, 2.24) is 0 Å². The van der Waals surface area contributed by atoms with Gasteiger partial charge in [0.1, 0.15) is 11.5 Å². The first-order valence-corrected chi connectivity index (χ1v) is 6.85. The Morgan fingerprint density at radius 1 is 0.500 bits per heavy atom. The van der Waals surface area contributed by atoms with Gasteiger partial charge in [-0.2, -0.15) is 0 Å². The fraction of sp³-hybridized carbons (Fsp3) is 0.333. The summed E-state index contributed by atoms with van der Waals surface area (Å²) in [6.45, 7) is 12.0. The van der Waals surface area contributed by atoms with E-state index in [0.29, 0.717) is 11.5 Å². The number of rotatable bonds is 1. The summed E-state index contributed by atoms with van der Waals surface area (Å²) in [6.07, 6.45) is 0. The Morgan fingerprint density at radius 3 is 1.10 bits per heavy atom. The minimum Gasteiger partial charge on any atom is -0.508 e. The summed E-state index contributed by atoms with van der Waals surface area (Å²) in [6, 6.07) is 3.60. The van der Waals surface area contributed by atoms with Gasteiger partial charge in [0, 0.05) is 0 Å². The Bertz CT molecular complexity index is 636. The SMILES string of the molecule is Cc1c(O)cc(-c2cc(O)c(C)c(C)c2C)c(C)c1C. The summed E-state index contributed by atoms with van der Waals surface area (Å²) >= 11 is 0. The van der Waals surface area contributed by atoms with Gasteiger partial charge in [-0.15, -0.1) is 0 Å². The molecule has 20 heavy (non-hydrogen) atoms. The molecule has 106 valence electrons. The van der Waals surface area contributed by atoms with E-state index in [0.717, 1.165) is 44.5 Å². The van der Waals surface area contributed by atoms with E-state index in [1.807, 2.05) is 27.7 Å². The second-order valence-electron chi connectivity index (χ2n) is 5.64. The maximum atomic E-state index is 10.1. The van der Waals surface area contributed by atoms with Crippen LogP contribution in [-0.2, 0) is 0 Å². The first kappa shape index (κ1) is 14.4. The van der Waals surface area contributed by atoms with E-state index in [1.165, 1.54) is 0 Å². The highest BCUT2D eigenvalue weighted by Gasteiger charge is 2.15. The van der Waals surface area contributed by atoms with Gasteiger partial charge < -0.3 is 10.2 Å². The van der Waals surface area contributed by atoms with Gasteiger partial charge in [0.05, 0.1) is 0 Å². The molecule has 0 atom stereocenters. The van der Waals surface area contributed by atoms with Crippen LogP contribution in [0, 0.1) is 41.5 Å². The molecule has 0 heterocycles. The summed E-state index contributed by atoms with van der Waals surface area (Å²) in [7, 11) is 0. The second-order valence-corrected chi connectivity index (χ2v) is 5.64. The highest BCUT2D eigenvalue weighted by atomic mass is 16.3. The van der Waals surface area contributed by atoms with Crippen LogP contribution >= 0.6 is 0 Å². The molecule has 2 aromatic rings. The summed E-state index contributed by atoms with van der Waals surface area (Å²) < 4.78 is 0. The van der Waals surface area contributed by atoms with Crippen molar-refractivity contribution in [2.24, 2.45) is 0 Å². The van der Waals surface area contributed by atoms with Crippen LogP contribution < -0.4 is 0 Å². The predicted octanol–water partition coefficient (Wildman–Crippen LogP) is 4.62. The van der Waals surface area contributed by atoms with Crippen molar-refractivity contribution in [2.45, 2.75) is 41.5 Å². The average Bonchev–Trinajstić information content (AvgIpc) is 2.42. The van der Waals surface area contributed by atoms with Crippen LogP contribution in [0.15, 0.2) is 12.1 Å². The second kappa shape index (κ2) is 4.86. The topological polar surface area (TPSA) is 40.5 Å². The minimum absolute atomic E-state index is 0.306. The number of benzene rings is 2. The Kier molecular flexibility index (Phi) is 3.51. The minimum atomic E-state index is 0.306. The number of hydrogen-bond acceptors (Lipinski definition) is 2. The molecule has 0 radical (unpaired) electrons. The molecule has 0 spiro atoms. The monoisotopic (exact) mass is 270 g/mol. The molecule has 0 bridgehead atoms. The molecular weight excluding hydrogens is 248 g/mol. The van der Waals surface area contributed by atoms with Crippen molar-refractivity contribution < 1.29 is 10.2 Å². The molecule has 0 fully saturated rings. The van der Waals surface area contributed by atoms with Crippen LogP contribution in [0.2, 0.25) is 0 Å². The zero-order chi connectivity index (χ0) is 15.2. The van der Waals surface area contributed by atoms with Gasteiger partial charge in [-0.25, -0.2) is 0 Å². The molecule has 2 aromatic carbocycles. The Balaban J connectivity index is 2.83. The summed E-state index contributed by atoms with van der Waals surface area (Å²) in [5.41, 5.74) is 8.28. The van der Waals surface area contributed by atoms with Crippen LogP contribution in [0.3, 0.4) is 0 Å². The van der Waals surface area contributed by atoms with Crippen LogP contribution in [0.25, 0.3) is 11.1 Å². The molecule has 2 rings (SSSR count). The zero-order valence-corrected chi connectivity index (χ0v) is 13.0. The lowest BCUT2D eigenvalue weighted by Gasteiger charge is -2.18. The fourth-order valence-electron chi connectivity index (χ4n) is 2.62. The van der Waals surface area contributed by atoms with E-state index >= 15 is 0 Å². The highest BCUT2D eigenvalue weighted by molar-refractivity contribution is 5.77. The molecule has 0 aliphatic carbocycles. The molecule has 2 nitrogen and oxygen atoms in total. The molecule has 0 aromatic heterocycles. The lowest BCUT2D eigenvalue weighted by Crippen LogP contribution is -1.96. The van der Waals surface area contributed by atoms with Gasteiger partial charge in [0.25, 0.3) is 0 Å². The smallest absolute Gasteiger partial charge is 0.119 e. The van der Waals surface area contributed by atoms with E-state index in [-0.39, 0.29) is 0 Å².